The van der Waals surface area contributed by atoms with Crippen LogP contribution in [0.1, 0.15) is 30.1 Å². The summed E-state index contributed by atoms with van der Waals surface area (Å²) in [6.45, 7) is 1.96. The largest absolute Gasteiger partial charge is 0.336 e. The van der Waals surface area contributed by atoms with Gasteiger partial charge < -0.3 is 5.32 Å². The molecule has 0 spiro atoms. The molecule has 0 aliphatic heterocycles. The van der Waals surface area contributed by atoms with E-state index in [1.54, 1.807) is 18.2 Å². The number of halogens is 2. The average Bonchev–Trinajstić information content (AvgIpc) is 2.28. The fraction of sp³-hybridized carbons (Fsp3) is 0.333. The molecule has 1 aromatic rings. The summed E-state index contributed by atoms with van der Waals surface area (Å²) in [5, 5.41) is 11.9. The number of carbonyl (C=O) groups excluding carboxylic acids is 1. The van der Waals surface area contributed by atoms with Gasteiger partial charge in [-0.1, -0.05) is 40.9 Å². The molecule has 1 N–H and O–H groups in total. The number of hydrogen-bond acceptors (Lipinski definition) is 2. The van der Waals surface area contributed by atoms with Crippen LogP contribution in [0.4, 0.5) is 0 Å². The van der Waals surface area contributed by atoms with Crippen LogP contribution in [0.2, 0.25) is 5.02 Å². The van der Waals surface area contributed by atoms with Gasteiger partial charge in [0, 0.05) is 4.47 Å². The highest BCUT2D eigenvalue weighted by atomic mass is 79.9. The van der Waals surface area contributed by atoms with E-state index in [0.717, 1.165) is 10.9 Å². The number of amides is 1. The number of nitrogens with one attached hydrogen (secondary N) is 1. The van der Waals surface area contributed by atoms with E-state index in [9.17, 15) is 4.79 Å². The molecule has 0 saturated carbocycles. The van der Waals surface area contributed by atoms with Crippen LogP contribution in [0.3, 0.4) is 0 Å². The minimum atomic E-state index is -0.466. The first-order chi connectivity index (χ1) is 8.08. The Morgan fingerprint density at radius 3 is 2.88 bits per heavy atom. The molecule has 0 bridgehead atoms. The van der Waals surface area contributed by atoms with Gasteiger partial charge in [-0.15, -0.1) is 0 Å². The average molecular weight is 316 g/mol. The summed E-state index contributed by atoms with van der Waals surface area (Å²) in [7, 11) is 0. The lowest BCUT2D eigenvalue weighted by Gasteiger charge is -2.11. The number of nitrogens with zero attached hydrogens (tertiary/aromatic N) is 1. The SMILES string of the molecule is CCCC(C#N)NC(=O)c1ccc(Br)cc1Cl. The molecule has 0 heterocycles. The van der Waals surface area contributed by atoms with Crippen molar-refractivity contribution in [2.24, 2.45) is 0 Å². The van der Waals surface area contributed by atoms with Crippen molar-refractivity contribution in [1.82, 2.24) is 5.32 Å². The highest BCUT2D eigenvalue weighted by molar-refractivity contribution is 9.10. The first-order valence-electron chi connectivity index (χ1n) is 5.24. The second kappa shape index (κ2) is 6.63. The Hall–Kier alpha value is -1.05. The second-order valence-electron chi connectivity index (χ2n) is 3.57. The van der Waals surface area contributed by atoms with Gasteiger partial charge in [-0.2, -0.15) is 5.26 Å². The van der Waals surface area contributed by atoms with E-state index < -0.39 is 6.04 Å². The molecule has 0 aromatic heterocycles. The highest BCUT2D eigenvalue weighted by Crippen LogP contribution is 2.21. The zero-order valence-corrected chi connectivity index (χ0v) is 11.7. The fourth-order valence-corrected chi connectivity index (χ4v) is 2.13. The van der Waals surface area contributed by atoms with E-state index in [-0.39, 0.29) is 5.91 Å². The minimum Gasteiger partial charge on any atom is -0.336 e. The van der Waals surface area contributed by atoms with Gasteiger partial charge in [0.2, 0.25) is 0 Å². The van der Waals surface area contributed by atoms with Crippen LogP contribution in [-0.2, 0) is 0 Å². The van der Waals surface area contributed by atoms with Crippen molar-refractivity contribution in [3.63, 3.8) is 0 Å². The maximum atomic E-state index is 11.9. The molecule has 1 amide bonds. The maximum Gasteiger partial charge on any atom is 0.253 e. The van der Waals surface area contributed by atoms with Crippen LogP contribution in [0, 0.1) is 11.3 Å². The van der Waals surface area contributed by atoms with Gasteiger partial charge in [-0.3, -0.25) is 4.79 Å². The Balaban J connectivity index is 2.79. The van der Waals surface area contributed by atoms with Crippen molar-refractivity contribution < 1.29 is 4.79 Å². The lowest BCUT2D eigenvalue weighted by atomic mass is 10.1. The maximum absolute atomic E-state index is 11.9. The Labute approximate surface area is 114 Å². The van der Waals surface area contributed by atoms with Crippen LogP contribution in [0.25, 0.3) is 0 Å². The van der Waals surface area contributed by atoms with E-state index in [2.05, 4.69) is 27.3 Å². The molecule has 3 nitrogen and oxygen atoms in total. The van der Waals surface area contributed by atoms with Crippen LogP contribution in [0.5, 0.6) is 0 Å². The fourth-order valence-electron chi connectivity index (χ4n) is 1.37. The quantitative estimate of drug-likeness (QED) is 0.924. The Kier molecular flexibility index (Phi) is 5.46. The molecule has 0 aliphatic rings. The smallest absolute Gasteiger partial charge is 0.253 e. The van der Waals surface area contributed by atoms with Gasteiger partial charge in [-0.25, -0.2) is 0 Å². The van der Waals surface area contributed by atoms with Gasteiger partial charge in [0.25, 0.3) is 5.91 Å². The van der Waals surface area contributed by atoms with Crippen LogP contribution >= 0.6 is 27.5 Å². The monoisotopic (exact) mass is 314 g/mol. The predicted octanol–water partition coefficient (Wildman–Crippen LogP) is 3.52. The summed E-state index contributed by atoms with van der Waals surface area (Å²) in [6, 6.07) is 6.60. The first-order valence-corrected chi connectivity index (χ1v) is 6.41. The highest BCUT2D eigenvalue weighted by Gasteiger charge is 2.14. The van der Waals surface area contributed by atoms with Gasteiger partial charge in [-0.05, 0) is 24.6 Å². The number of benzene rings is 1. The third kappa shape index (κ3) is 4.03. The summed E-state index contributed by atoms with van der Waals surface area (Å²) in [4.78, 5) is 11.9. The molecular weight excluding hydrogens is 304 g/mol. The van der Waals surface area contributed by atoms with E-state index in [4.69, 9.17) is 16.9 Å². The molecule has 0 saturated heterocycles. The first kappa shape index (κ1) is 14.0. The van der Waals surface area contributed by atoms with Crippen molar-refractivity contribution in [2.75, 3.05) is 0 Å². The van der Waals surface area contributed by atoms with E-state index in [0.29, 0.717) is 17.0 Å². The lowest BCUT2D eigenvalue weighted by Crippen LogP contribution is -2.33. The molecule has 90 valence electrons. The third-order valence-electron chi connectivity index (χ3n) is 2.21. The van der Waals surface area contributed by atoms with Crippen molar-refractivity contribution in [3.8, 4) is 6.07 Å². The number of rotatable bonds is 4. The Bertz CT molecular complexity index is 456. The summed E-state index contributed by atoms with van der Waals surface area (Å²) in [5.41, 5.74) is 0.381. The van der Waals surface area contributed by atoms with Gasteiger partial charge >= 0.3 is 0 Å². The molecule has 1 aromatic carbocycles. The molecule has 1 unspecified atom stereocenters. The van der Waals surface area contributed by atoms with Gasteiger partial charge in [0.1, 0.15) is 6.04 Å². The van der Waals surface area contributed by atoms with Crippen molar-refractivity contribution in [3.05, 3.63) is 33.3 Å². The zero-order chi connectivity index (χ0) is 12.8. The third-order valence-corrected chi connectivity index (χ3v) is 3.02. The number of hydrogen-bond donors (Lipinski definition) is 1. The standard InChI is InChI=1S/C12H12BrClN2O/c1-2-3-9(7-15)16-12(17)10-5-4-8(13)6-11(10)14/h4-6,9H,2-3H2,1H3,(H,16,17). The Morgan fingerprint density at radius 2 is 2.35 bits per heavy atom. The molecule has 0 aliphatic carbocycles. The van der Waals surface area contributed by atoms with E-state index in [1.165, 1.54) is 0 Å². The second-order valence-corrected chi connectivity index (χ2v) is 4.89. The predicted molar refractivity (Wildman–Crippen MR) is 70.9 cm³/mol. The van der Waals surface area contributed by atoms with Gasteiger partial charge in [0.05, 0.1) is 16.7 Å². The molecule has 0 fully saturated rings. The molecule has 17 heavy (non-hydrogen) atoms. The number of carbonyl (C=O) groups is 1. The molecule has 1 rings (SSSR count). The summed E-state index contributed by atoms with van der Waals surface area (Å²) >= 11 is 9.22. The lowest BCUT2D eigenvalue weighted by molar-refractivity contribution is 0.0944. The van der Waals surface area contributed by atoms with Crippen LogP contribution in [-0.4, -0.2) is 11.9 Å². The zero-order valence-electron chi connectivity index (χ0n) is 9.34. The van der Waals surface area contributed by atoms with Crippen molar-refractivity contribution in [1.29, 1.82) is 5.26 Å². The van der Waals surface area contributed by atoms with Crippen LogP contribution < -0.4 is 5.32 Å². The van der Waals surface area contributed by atoms with E-state index >= 15 is 0 Å². The molecule has 5 heteroatoms. The number of nitriles is 1. The summed E-state index contributed by atoms with van der Waals surface area (Å²) < 4.78 is 0.810. The molecule has 0 radical (unpaired) electrons. The normalized spacial score (nSPS) is 11.6. The van der Waals surface area contributed by atoms with E-state index in [1.807, 2.05) is 6.92 Å². The Morgan fingerprint density at radius 1 is 1.65 bits per heavy atom. The summed E-state index contributed by atoms with van der Waals surface area (Å²) in [5.74, 6) is -0.317. The van der Waals surface area contributed by atoms with Crippen molar-refractivity contribution >= 4 is 33.4 Å². The van der Waals surface area contributed by atoms with Crippen molar-refractivity contribution in [2.45, 2.75) is 25.8 Å². The van der Waals surface area contributed by atoms with Gasteiger partial charge in [0.15, 0.2) is 0 Å². The minimum absolute atomic E-state index is 0.317. The molecular formula is C12H12BrClN2O. The molecule has 1 atom stereocenters. The topological polar surface area (TPSA) is 52.9 Å². The summed E-state index contributed by atoms with van der Waals surface area (Å²) in [6.07, 6.45) is 1.48. The van der Waals surface area contributed by atoms with Crippen LogP contribution in [0.15, 0.2) is 22.7 Å².